The number of halogens is 1. The lowest BCUT2D eigenvalue weighted by atomic mass is 10.2. The summed E-state index contributed by atoms with van der Waals surface area (Å²) in [6.45, 7) is 3.49. The maximum atomic E-state index is 6.26. The Hall–Kier alpha value is -2.51. The molecule has 1 aromatic heterocycles. The van der Waals surface area contributed by atoms with Gasteiger partial charge in [0.2, 0.25) is 0 Å². The van der Waals surface area contributed by atoms with Gasteiger partial charge < -0.3 is 25.0 Å². The number of nitrogens with one attached hydrogen (secondary N) is 2. The van der Waals surface area contributed by atoms with Gasteiger partial charge in [-0.1, -0.05) is 29.8 Å². The van der Waals surface area contributed by atoms with Crippen molar-refractivity contribution in [3.8, 4) is 5.75 Å². The Balaban J connectivity index is 1.38. The Morgan fingerprint density at radius 1 is 1.31 bits per heavy atom. The van der Waals surface area contributed by atoms with Crippen LogP contribution in [0.3, 0.4) is 0 Å². The normalized spacial score (nSPS) is 16.7. The van der Waals surface area contributed by atoms with Crippen LogP contribution < -0.4 is 20.3 Å². The van der Waals surface area contributed by atoms with E-state index in [0.717, 1.165) is 42.6 Å². The second-order valence-corrected chi connectivity index (χ2v) is 7.16. The first-order valence-corrected chi connectivity index (χ1v) is 10.1. The molecule has 1 atom stereocenters. The van der Waals surface area contributed by atoms with Gasteiger partial charge in [0, 0.05) is 44.5 Å². The molecular weight excluding hydrogens is 390 g/mol. The highest BCUT2D eigenvalue weighted by Gasteiger charge is 2.25. The lowest BCUT2D eigenvalue weighted by molar-refractivity contribution is 0.123. The van der Waals surface area contributed by atoms with E-state index in [0.29, 0.717) is 24.8 Å². The zero-order chi connectivity index (χ0) is 20.5. The van der Waals surface area contributed by atoms with Crippen molar-refractivity contribution in [1.29, 1.82) is 0 Å². The predicted octanol–water partition coefficient (Wildman–Crippen LogP) is 2.70. The van der Waals surface area contributed by atoms with E-state index in [1.165, 1.54) is 0 Å². The van der Waals surface area contributed by atoms with Crippen LogP contribution in [-0.2, 0) is 11.3 Å². The van der Waals surface area contributed by atoms with Crippen molar-refractivity contribution in [2.24, 2.45) is 4.99 Å². The molecule has 7 nitrogen and oxygen atoms in total. The number of ether oxygens (including phenoxy) is 2. The molecule has 0 saturated carbocycles. The molecule has 1 aliphatic rings. The Labute approximate surface area is 177 Å². The fraction of sp³-hybridized carbons (Fsp3) is 0.429. The molecule has 1 aliphatic heterocycles. The van der Waals surface area contributed by atoms with Crippen molar-refractivity contribution >= 4 is 23.4 Å². The summed E-state index contributed by atoms with van der Waals surface area (Å²) in [6.07, 6.45) is 2.77. The number of hydrogen-bond acceptors (Lipinski definition) is 5. The number of para-hydroxylation sites is 1. The van der Waals surface area contributed by atoms with E-state index in [-0.39, 0.29) is 6.04 Å². The number of aromatic nitrogens is 1. The summed E-state index contributed by atoms with van der Waals surface area (Å²) in [5.74, 6) is 2.45. The SMILES string of the molecule is CN=C(NCCOCc1ccccc1OC)NC1CCN(c2ncccc2Cl)C1. The van der Waals surface area contributed by atoms with E-state index in [9.17, 15) is 0 Å². The van der Waals surface area contributed by atoms with E-state index >= 15 is 0 Å². The van der Waals surface area contributed by atoms with Gasteiger partial charge in [-0.3, -0.25) is 4.99 Å². The number of benzene rings is 1. The van der Waals surface area contributed by atoms with Crippen LogP contribution >= 0.6 is 11.6 Å². The third-order valence-electron chi connectivity index (χ3n) is 4.78. The molecule has 3 rings (SSSR count). The molecule has 1 unspecified atom stereocenters. The highest BCUT2D eigenvalue weighted by molar-refractivity contribution is 6.32. The second-order valence-electron chi connectivity index (χ2n) is 6.75. The van der Waals surface area contributed by atoms with Crippen LogP contribution in [0.25, 0.3) is 0 Å². The minimum absolute atomic E-state index is 0.286. The van der Waals surface area contributed by atoms with E-state index in [1.807, 2.05) is 36.4 Å². The Kier molecular flexibility index (Phi) is 7.95. The monoisotopic (exact) mass is 417 g/mol. The minimum Gasteiger partial charge on any atom is -0.496 e. The average Bonchev–Trinajstić information content (AvgIpc) is 3.21. The van der Waals surface area contributed by atoms with E-state index in [4.69, 9.17) is 21.1 Å². The predicted molar refractivity (Wildman–Crippen MR) is 117 cm³/mol. The number of nitrogens with zero attached hydrogens (tertiary/aromatic N) is 3. The number of rotatable bonds is 8. The molecule has 1 aromatic carbocycles. The molecule has 156 valence electrons. The average molecular weight is 418 g/mol. The number of anilines is 1. The molecule has 2 heterocycles. The van der Waals surface area contributed by atoms with E-state index < -0.39 is 0 Å². The first-order chi connectivity index (χ1) is 14.2. The highest BCUT2D eigenvalue weighted by Crippen LogP contribution is 2.25. The summed E-state index contributed by atoms with van der Waals surface area (Å²) in [6, 6.07) is 11.9. The summed E-state index contributed by atoms with van der Waals surface area (Å²) in [7, 11) is 3.44. The van der Waals surface area contributed by atoms with Crippen molar-refractivity contribution in [3.63, 3.8) is 0 Å². The van der Waals surface area contributed by atoms with E-state index in [1.54, 1.807) is 20.4 Å². The molecule has 2 N–H and O–H groups in total. The third kappa shape index (κ3) is 5.98. The molecule has 0 aliphatic carbocycles. The fourth-order valence-corrected chi connectivity index (χ4v) is 3.56. The summed E-state index contributed by atoms with van der Waals surface area (Å²) in [5.41, 5.74) is 1.04. The quantitative estimate of drug-likeness (QED) is 0.391. The number of hydrogen-bond donors (Lipinski definition) is 2. The molecule has 0 radical (unpaired) electrons. The Morgan fingerprint density at radius 2 is 2.17 bits per heavy atom. The van der Waals surface area contributed by atoms with Crippen LogP contribution in [-0.4, -0.2) is 57.4 Å². The second kappa shape index (κ2) is 10.9. The maximum Gasteiger partial charge on any atom is 0.191 e. The number of aliphatic imine (C=N–C) groups is 1. The molecule has 8 heteroatoms. The van der Waals surface area contributed by atoms with Crippen molar-refractivity contribution < 1.29 is 9.47 Å². The Morgan fingerprint density at radius 3 is 2.97 bits per heavy atom. The van der Waals surface area contributed by atoms with Gasteiger partial charge >= 0.3 is 0 Å². The number of methoxy groups -OCH3 is 1. The zero-order valence-electron chi connectivity index (χ0n) is 16.9. The lowest BCUT2D eigenvalue weighted by Crippen LogP contribution is -2.45. The van der Waals surface area contributed by atoms with Gasteiger partial charge in [-0.05, 0) is 24.6 Å². The molecule has 2 aromatic rings. The van der Waals surface area contributed by atoms with Gasteiger partial charge in [-0.15, -0.1) is 0 Å². The van der Waals surface area contributed by atoms with Crippen LogP contribution in [0.4, 0.5) is 5.82 Å². The topological polar surface area (TPSA) is 71.0 Å². The standard InChI is InChI=1S/C21H28ClN5O2/c1-23-21(25-11-13-29-15-16-6-3-4-8-19(16)28-2)26-17-9-12-27(14-17)20-18(22)7-5-10-24-20/h3-8,10,17H,9,11-15H2,1-2H3,(H2,23,25,26). The first kappa shape index (κ1) is 21.2. The van der Waals surface area contributed by atoms with E-state index in [2.05, 4.69) is 25.5 Å². The molecule has 0 amide bonds. The summed E-state index contributed by atoms with van der Waals surface area (Å²) in [4.78, 5) is 10.9. The van der Waals surface area contributed by atoms with Crippen LogP contribution in [0.1, 0.15) is 12.0 Å². The van der Waals surface area contributed by atoms with Gasteiger partial charge in [-0.2, -0.15) is 0 Å². The fourth-order valence-electron chi connectivity index (χ4n) is 3.31. The number of pyridine rings is 1. The molecule has 1 saturated heterocycles. The minimum atomic E-state index is 0.286. The van der Waals surface area contributed by atoms with Crippen molar-refractivity contribution in [1.82, 2.24) is 15.6 Å². The highest BCUT2D eigenvalue weighted by atomic mass is 35.5. The van der Waals surface area contributed by atoms with Crippen molar-refractivity contribution in [3.05, 3.63) is 53.2 Å². The summed E-state index contributed by atoms with van der Waals surface area (Å²) < 4.78 is 11.1. The van der Waals surface area contributed by atoms with Gasteiger partial charge in [0.1, 0.15) is 11.6 Å². The van der Waals surface area contributed by atoms with Crippen molar-refractivity contribution in [2.45, 2.75) is 19.1 Å². The van der Waals surface area contributed by atoms with Crippen LogP contribution in [0.15, 0.2) is 47.6 Å². The van der Waals surface area contributed by atoms with Crippen LogP contribution in [0, 0.1) is 0 Å². The summed E-state index contributed by atoms with van der Waals surface area (Å²) >= 11 is 6.26. The maximum absolute atomic E-state index is 6.26. The first-order valence-electron chi connectivity index (χ1n) is 9.73. The molecule has 0 spiro atoms. The van der Waals surface area contributed by atoms with Gasteiger partial charge in [-0.25, -0.2) is 4.98 Å². The smallest absolute Gasteiger partial charge is 0.191 e. The summed E-state index contributed by atoms with van der Waals surface area (Å²) in [5, 5.41) is 7.45. The number of guanidine groups is 1. The van der Waals surface area contributed by atoms with Gasteiger partial charge in [0.05, 0.1) is 25.3 Å². The van der Waals surface area contributed by atoms with Gasteiger partial charge in [0.25, 0.3) is 0 Å². The largest absolute Gasteiger partial charge is 0.496 e. The van der Waals surface area contributed by atoms with Crippen molar-refractivity contribution in [2.75, 3.05) is 45.3 Å². The van der Waals surface area contributed by atoms with Gasteiger partial charge in [0.15, 0.2) is 5.96 Å². The zero-order valence-corrected chi connectivity index (χ0v) is 17.7. The molecule has 0 bridgehead atoms. The molecule has 1 fully saturated rings. The molecule has 29 heavy (non-hydrogen) atoms. The van der Waals surface area contributed by atoms with Crippen LogP contribution in [0.2, 0.25) is 5.02 Å². The van der Waals surface area contributed by atoms with Crippen LogP contribution in [0.5, 0.6) is 5.75 Å². The third-order valence-corrected chi connectivity index (χ3v) is 5.08. The lowest BCUT2D eigenvalue weighted by Gasteiger charge is -2.20. The molecular formula is C21H28ClN5O2. The Bertz CT molecular complexity index is 817.